The first-order valence-corrected chi connectivity index (χ1v) is 18.6. The van der Waals surface area contributed by atoms with E-state index >= 15 is 0 Å². The van der Waals surface area contributed by atoms with Gasteiger partial charge in [0.25, 0.3) is 11.8 Å². The third-order valence-corrected chi connectivity index (χ3v) is 10.9. The van der Waals surface area contributed by atoms with Crippen LogP contribution in [0.15, 0.2) is 125 Å². The van der Waals surface area contributed by atoms with Crippen molar-refractivity contribution in [1.82, 2.24) is 18.6 Å². The van der Waals surface area contributed by atoms with Gasteiger partial charge in [-0.15, -0.1) is 11.3 Å². The summed E-state index contributed by atoms with van der Waals surface area (Å²) in [7, 11) is 0. The van der Waals surface area contributed by atoms with E-state index in [9.17, 15) is 19.6 Å². The van der Waals surface area contributed by atoms with Crippen molar-refractivity contribution < 1.29 is 19.1 Å². The van der Waals surface area contributed by atoms with Crippen molar-refractivity contribution >= 4 is 90.6 Å². The van der Waals surface area contributed by atoms with Crippen molar-refractivity contribution in [1.29, 1.82) is 5.26 Å². The van der Waals surface area contributed by atoms with Crippen molar-refractivity contribution in [3.63, 3.8) is 0 Å². The maximum Gasteiger partial charge on any atom is 0.424 e. The number of aromatic nitrogens is 3. The number of ether oxygens (including phenoxy) is 1. The van der Waals surface area contributed by atoms with Gasteiger partial charge in [0.15, 0.2) is 0 Å². The minimum atomic E-state index is -1.22. The fraction of sp³-hybridized carbons (Fsp3) is 0.0952. The van der Waals surface area contributed by atoms with Gasteiger partial charge in [-0.3, -0.25) is 14.6 Å². The number of imide groups is 3. The molecule has 3 amide bonds. The first-order valence-electron chi connectivity index (χ1n) is 17.1. The van der Waals surface area contributed by atoms with Crippen LogP contribution in [0.4, 0.5) is 26.9 Å². The number of amides is 3. The summed E-state index contributed by atoms with van der Waals surface area (Å²) in [6, 6.07) is 35.6. The van der Waals surface area contributed by atoms with Crippen molar-refractivity contribution in [3.05, 3.63) is 137 Å². The van der Waals surface area contributed by atoms with Crippen molar-refractivity contribution in [2.75, 3.05) is 4.90 Å². The monoisotopic (exact) mass is 759 g/mol. The van der Waals surface area contributed by atoms with Crippen molar-refractivity contribution in [2.45, 2.75) is 27.4 Å². The number of pyridine rings is 1. The van der Waals surface area contributed by atoms with Crippen LogP contribution < -0.4 is 4.90 Å². The lowest BCUT2D eigenvalue weighted by molar-refractivity contribution is -0.136. The Bertz CT molecular complexity index is 2720. The molecule has 55 heavy (non-hydrogen) atoms. The minimum absolute atomic E-state index is 0.0196. The number of nitriles is 1. The molecule has 0 radical (unpaired) electrons. The van der Waals surface area contributed by atoms with E-state index in [2.05, 4.69) is 93.2 Å². The predicted molar refractivity (Wildman–Crippen MR) is 214 cm³/mol. The summed E-state index contributed by atoms with van der Waals surface area (Å²) in [6.45, 7) is 5.38. The molecule has 13 heteroatoms. The molecule has 0 unspecified atom stereocenters. The molecule has 3 aromatic heterocycles. The van der Waals surface area contributed by atoms with Crippen molar-refractivity contribution in [2.24, 2.45) is 4.99 Å². The smallest absolute Gasteiger partial charge is 0.424 e. The molecule has 4 heterocycles. The molecule has 1 aliphatic heterocycles. The van der Waals surface area contributed by atoms with Crippen LogP contribution in [0.3, 0.4) is 0 Å². The lowest BCUT2D eigenvalue weighted by atomic mass is 9.99. The molecule has 4 aromatic carbocycles. The van der Waals surface area contributed by atoms with Gasteiger partial charge in [0.1, 0.15) is 51.4 Å². The lowest BCUT2D eigenvalue weighted by Crippen LogP contribution is -2.50. The molecule has 0 aliphatic carbocycles. The highest BCUT2D eigenvalue weighted by Crippen LogP contribution is 2.49. The van der Waals surface area contributed by atoms with E-state index in [0.29, 0.717) is 27.2 Å². The molecule has 11 nitrogen and oxygen atoms in total. The Kier molecular flexibility index (Phi) is 9.28. The number of nitrogens with zero attached hydrogens (tertiary/aromatic N) is 7. The molecule has 1 aliphatic rings. The summed E-state index contributed by atoms with van der Waals surface area (Å²) >= 11 is 2.54. The second kappa shape index (κ2) is 14.5. The van der Waals surface area contributed by atoms with Gasteiger partial charge in [-0.05, 0) is 50.6 Å². The summed E-state index contributed by atoms with van der Waals surface area (Å²) in [4.78, 5) is 53.0. The Balaban J connectivity index is 1.22. The number of hydrogen-bond donors (Lipinski definition) is 0. The van der Waals surface area contributed by atoms with Crippen LogP contribution in [0, 0.1) is 25.2 Å². The Morgan fingerprint density at radius 2 is 1.44 bits per heavy atom. The summed E-state index contributed by atoms with van der Waals surface area (Å²) in [5.74, 6) is -2.11. The Labute approximate surface area is 323 Å². The molecule has 0 fully saturated rings. The van der Waals surface area contributed by atoms with Crippen LogP contribution in [0.5, 0.6) is 0 Å². The maximum absolute atomic E-state index is 13.8. The van der Waals surface area contributed by atoms with E-state index in [4.69, 9.17) is 9.72 Å². The van der Waals surface area contributed by atoms with Crippen LogP contribution in [0.2, 0.25) is 0 Å². The standard InChI is InChI=1S/C42H29N7O4S2/c1-24-13-17-28(18-14-24)48(29-19-15-25(2)16-20-29)41-31-12-8-7-11-30(31)38(54-41)37-36-35(46-55-47-36)33(22-44-37)45-34-26(3)32(21-43)39(50)49(40(34)51)42(52)53-23-27-9-5-4-6-10-27/h4-20,22H,23H2,1-3H3/b45-34-. The average Bonchev–Trinajstić information content (AvgIpc) is 3.84. The third-order valence-electron chi connectivity index (χ3n) is 9.16. The number of carbonyl (C=O) groups is 3. The van der Waals surface area contributed by atoms with Crippen LogP contribution in [0.1, 0.15) is 23.6 Å². The van der Waals surface area contributed by atoms with Crippen LogP contribution in [0.25, 0.3) is 32.4 Å². The molecule has 268 valence electrons. The quantitative estimate of drug-likeness (QED) is 0.145. The second-order valence-corrected chi connectivity index (χ2v) is 14.3. The fourth-order valence-electron chi connectivity index (χ4n) is 6.28. The molecule has 0 saturated carbocycles. The zero-order chi connectivity index (χ0) is 38.2. The maximum atomic E-state index is 13.8. The molecular formula is C42H29N7O4S2. The van der Waals surface area contributed by atoms with Gasteiger partial charge in [-0.25, -0.2) is 9.79 Å². The second-order valence-electron chi connectivity index (χ2n) is 12.8. The normalized spacial score (nSPS) is 13.9. The Morgan fingerprint density at radius 1 is 0.818 bits per heavy atom. The lowest BCUT2D eigenvalue weighted by Gasteiger charge is -2.24. The summed E-state index contributed by atoms with van der Waals surface area (Å²) < 4.78 is 14.5. The minimum Gasteiger partial charge on any atom is -0.444 e. The highest BCUT2D eigenvalue weighted by Gasteiger charge is 2.42. The largest absolute Gasteiger partial charge is 0.444 e. The first kappa shape index (κ1) is 35.2. The number of benzene rings is 4. The van der Waals surface area contributed by atoms with E-state index < -0.39 is 23.5 Å². The van der Waals surface area contributed by atoms with Crippen LogP contribution in [-0.4, -0.2) is 42.3 Å². The van der Waals surface area contributed by atoms with Gasteiger partial charge >= 0.3 is 6.09 Å². The van der Waals surface area contributed by atoms with Gasteiger partial charge in [-0.2, -0.15) is 18.9 Å². The number of hydrogen-bond acceptors (Lipinski definition) is 12. The Morgan fingerprint density at radius 3 is 2.09 bits per heavy atom. The molecule has 0 bridgehead atoms. The highest BCUT2D eigenvalue weighted by molar-refractivity contribution is 7.21. The summed E-state index contributed by atoms with van der Waals surface area (Å²) in [5, 5.41) is 12.9. The number of aliphatic imine (C=N–C) groups is 1. The van der Waals surface area contributed by atoms with Crippen LogP contribution in [-0.2, 0) is 20.9 Å². The van der Waals surface area contributed by atoms with E-state index in [1.165, 1.54) is 13.1 Å². The van der Waals surface area contributed by atoms with E-state index in [0.717, 1.165) is 54.9 Å². The number of fused-ring (bicyclic) bond motifs is 2. The molecule has 0 atom stereocenters. The molecule has 8 rings (SSSR count). The molecular weight excluding hydrogens is 731 g/mol. The summed E-state index contributed by atoms with van der Waals surface area (Å²) in [6.07, 6.45) is 0.269. The Hall–Kier alpha value is -6.88. The first-order chi connectivity index (χ1) is 26.7. The SMILES string of the molecule is CC1=C(C#N)C(=O)N(C(=O)OCc2ccccc2)C(=O)/C1=N\c1cnc(-c2sc(N(c3ccc(C)cc3)c3ccc(C)cc3)c3ccccc23)c2nsnc12. The topological polar surface area (TPSA) is 142 Å². The fourth-order valence-corrected chi connectivity index (χ4v) is 8.15. The van der Waals surface area contributed by atoms with E-state index in [1.54, 1.807) is 41.7 Å². The molecule has 0 N–H and O–H groups in total. The van der Waals surface area contributed by atoms with Gasteiger partial charge in [0.2, 0.25) is 0 Å². The van der Waals surface area contributed by atoms with Gasteiger partial charge in [0, 0.05) is 27.7 Å². The number of rotatable bonds is 7. The zero-order valence-corrected chi connectivity index (χ0v) is 31.3. The molecule has 0 spiro atoms. The highest BCUT2D eigenvalue weighted by atomic mass is 32.1. The average molecular weight is 760 g/mol. The number of aryl methyl sites for hydroxylation is 2. The van der Waals surface area contributed by atoms with Gasteiger partial charge in [0.05, 0.1) is 22.8 Å². The van der Waals surface area contributed by atoms with E-state index in [-0.39, 0.29) is 23.6 Å². The van der Waals surface area contributed by atoms with Crippen LogP contribution >= 0.6 is 23.1 Å². The van der Waals surface area contributed by atoms with Gasteiger partial charge in [-0.1, -0.05) is 90.0 Å². The zero-order valence-electron chi connectivity index (χ0n) is 29.7. The number of carbonyl (C=O) groups excluding carboxylic acids is 3. The van der Waals surface area contributed by atoms with E-state index in [1.807, 2.05) is 18.2 Å². The third kappa shape index (κ3) is 6.43. The number of anilines is 3. The van der Waals surface area contributed by atoms with Crippen molar-refractivity contribution in [3.8, 4) is 16.6 Å². The molecule has 7 aromatic rings. The van der Waals surface area contributed by atoms with Gasteiger partial charge < -0.3 is 9.64 Å². The number of thiophene rings is 1. The summed E-state index contributed by atoms with van der Waals surface area (Å²) in [5.41, 5.74) is 5.88. The molecule has 0 saturated heterocycles. The predicted octanol–water partition coefficient (Wildman–Crippen LogP) is 9.67.